The lowest BCUT2D eigenvalue weighted by atomic mass is 10.2. The minimum absolute atomic E-state index is 0.237. The van der Waals surface area contributed by atoms with Crippen LogP contribution in [0.25, 0.3) is 6.08 Å². The zero-order chi connectivity index (χ0) is 18.6. The molecule has 2 aromatic carbocycles. The molecule has 0 aromatic heterocycles. The van der Waals surface area contributed by atoms with E-state index in [9.17, 15) is 9.18 Å². The number of ether oxygens (including phenoxy) is 1. The van der Waals surface area contributed by atoms with Crippen molar-refractivity contribution in [1.82, 2.24) is 0 Å². The van der Waals surface area contributed by atoms with E-state index in [4.69, 9.17) is 4.74 Å². The Hall–Kier alpha value is -2.62. The van der Waals surface area contributed by atoms with Crippen LogP contribution in [0.4, 0.5) is 10.1 Å². The standard InChI is InChI=1S/C22H26FNO2/c1-2-3-4-5-6-17-26-21-14-12-20(13-15-21)24-22(25)16-9-18-7-10-19(23)11-8-18/h7-16H,2-6,17H2,1H3,(H,24,25)/b16-9+. The molecule has 138 valence electrons. The number of hydrogen-bond acceptors (Lipinski definition) is 2. The molecular formula is C22H26FNO2. The smallest absolute Gasteiger partial charge is 0.248 e. The number of rotatable bonds is 10. The van der Waals surface area contributed by atoms with Crippen LogP contribution < -0.4 is 10.1 Å². The molecule has 0 aliphatic carbocycles. The van der Waals surface area contributed by atoms with E-state index in [1.165, 1.54) is 43.9 Å². The Kier molecular flexibility index (Phi) is 8.40. The lowest BCUT2D eigenvalue weighted by molar-refractivity contribution is -0.111. The number of hydrogen-bond donors (Lipinski definition) is 1. The van der Waals surface area contributed by atoms with E-state index < -0.39 is 0 Å². The second-order valence-electron chi connectivity index (χ2n) is 6.16. The number of nitrogens with one attached hydrogen (secondary N) is 1. The zero-order valence-electron chi connectivity index (χ0n) is 15.2. The van der Waals surface area contributed by atoms with Gasteiger partial charge in [-0.05, 0) is 54.5 Å². The third-order valence-corrected chi connectivity index (χ3v) is 3.94. The highest BCUT2D eigenvalue weighted by Crippen LogP contribution is 2.16. The molecule has 2 aromatic rings. The Balaban J connectivity index is 1.73. The maximum atomic E-state index is 12.8. The van der Waals surface area contributed by atoms with Gasteiger partial charge in [0.25, 0.3) is 0 Å². The van der Waals surface area contributed by atoms with Crippen molar-refractivity contribution in [2.45, 2.75) is 39.0 Å². The Morgan fingerprint density at radius 1 is 1.00 bits per heavy atom. The van der Waals surface area contributed by atoms with Crippen LogP contribution in [0.5, 0.6) is 5.75 Å². The van der Waals surface area contributed by atoms with Crippen molar-refractivity contribution >= 4 is 17.7 Å². The van der Waals surface area contributed by atoms with E-state index in [-0.39, 0.29) is 11.7 Å². The largest absolute Gasteiger partial charge is 0.494 e. The third kappa shape index (κ3) is 7.51. The van der Waals surface area contributed by atoms with Gasteiger partial charge >= 0.3 is 0 Å². The van der Waals surface area contributed by atoms with Crippen LogP contribution in [-0.2, 0) is 4.79 Å². The van der Waals surface area contributed by atoms with Gasteiger partial charge in [0.1, 0.15) is 11.6 Å². The molecule has 26 heavy (non-hydrogen) atoms. The summed E-state index contributed by atoms with van der Waals surface area (Å²) < 4.78 is 18.5. The summed E-state index contributed by atoms with van der Waals surface area (Å²) in [5, 5.41) is 2.79. The van der Waals surface area contributed by atoms with Crippen molar-refractivity contribution in [1.29, 1.82) is 0 Å². The van der Waals surface area contributed by atoms with Crippen LogP contribution in [0.2, 0.25) is 0 Å². The molecule has 0 saturated carbocycles. The highest BCUT2D eigenvalue weighted by Gasteiger charge is 2.00. The average Bonchev–Trinajstić information content (AvgIpc) is 2.65. The molecule has 0 saturated heterocycles. The number of carbonyl (C=O) groups excluding carboxylic acids is 1. The quantitative estimate of drug-likeness (QED) is 0.430. The van der Waals surface area contributed by atoms with Gasteiger partial charge in [-0.2, -0.15) is 0 Å². The summed E-state index contributed by atoms with van der Waals surface area (Å²) in [5.41, 5.74) is 1.47. The first kappa shape index (κ1) is 19.7. The van der Waals surface area contributed by atoms with Crippen molar-refractivity contribution in [2.24, 2.45) is 0 Å². The molecular weight excluding hydrogens is 329 g/mol. The van der Waals surface area contributed by atoms with Crippen LogP contribution in [0.1, 0.15) is 44.6 Å². The monoisotopic (exact) mass is 355 g/mol. The SMILES string of the molecule is CCCCCCCOc1ccc(NC(=O)/C=C/c2ccc(F)cc2)cc1. The first-order valence-electron chi connectivity index (χ1n) is 9.15. The molecule has 2 rings (SSSR count). The number of amides is 1. The number of anilines is 1. The van der Waals surface area contributed by atoms with Crippen molar-refractivity contribution in [2.75, 3.05) is 11.9 Å². The lowest BCUT2D eigenvalue weighted by Crippen LogP contribution is -2.07. The fourth-order valence-corrected chi connectivity index (χ4v) is 2.46. The van der Waals surface area contributed by atoms with Crippen molar-refractivity contribution in [3.63, 3.8) is 0 Å². The number of halogens is 1. The van der Waals surface area contributed by atoms with Gasteiger partial charge in [-0.15, -0.1) is 0 Å². The molecule has 0 fully saturated rings. The van der Waals surface area contributed by atoms with Gasteiger partial charge < -0.3 is 10.1 Å². The van der Waals surface area contributed by atoms with Crippen LogP contribution >= 0.6 is 0 Å². The molecule has 0 bridgehead atoms. The summed E-state index contributed by atoms with van der Waals surface area (Å²) in [5.74, 6) is 0.272. The summed E-state index contributed by atoms with van der Waals surface area (Å²) in [4.78, 5) is 11.9. The second-order valence-corrected chi connectivity index (χ2v) is 6.16. The molecule has 4 heteroatoms. The van der Waals surface area contributed by atoms with E-state index in [0.29, 0.717) is 5.69 Å². The predicted molar refractivity (Wildman–Crippen MR) is 105 cm³/mol. The fourth-order valence-electron chi connectivity index (χ4n) is 2.46. The maximum absolute atomic E-state index is 12.8. The summed E-state index contributed by atoms with van der Waals surface area (Å²) >= 11 is 0. The van der Waals surface area contributed by atoms with Crippen molar-refractivity contribution < 1.29 is 13.9 Å². The normalized spacial score (nSPS) is 10.8. The molecule has 0 spiro atoms. The lowest BCUT2D eigenvalue weighted by Gasteiger charge is -2.07. The topological polar surface area (TPSA) is 38.3 Å². The first-order valence-corrected chi connectivity index (χ1v) is 9.15. The van der Waals surface area contributed by atoms with Crippen molar-refractivity contribution in [3.05, 3.63) is 66.0 Å². The van der Waals surface area contributed by atoms with Crippen LogP contribution in [-0.4, -0.2) is 12.5 Å². The first-order chi connectivity index (χ1) is 12.7. The minimum Gasteiger partial charge on any atom is -0.494 e. The molecule has 0 radical (unpaired) electrons. The fraction of sp³-hybridized carbons (Fsp3) is 0.318. The van der Waals surface area contributed by atoms with Crippen molar-refractivity contribution in [3.8, 4) is 5.75 Å². The Bertz CT molecular complexity index is 693. The molecule has 1 amide bonds. The van der Waals surface area contributed by atoms with Gasteiger partial charge in [0.05, 0.1) is 6.61 Å². The number of benzene rings is 2. The summed E-state index contributed by atoms with van der Waals surface area (Å²) in [6, 6.07) is 13.3. The van der Waals surface area contributed by atoms with Gasteiger partial charge in [-0.1, -0.05) is 44.7 Å². The van der Waals surface area contributed by atoms with Crippen LogP contribution in [0.15, 0.2) is 54.6 Å². The molecule has 0 aliphatic rings. The van der Waals surface area contributed by atoms with Gasteiger partial charge in [-0.3, -0.25) is 4.79 Å². The summed E-state index contributed by atoms with van der Waals surface area (Å²) in [6.07, 6.45) is 9.11. The average molecular weight is 355 g/mol. The van der Waals surface area contributed by atoms with Gasteiger partial charge in [0, 0.05) is 11.8 Å². The van der Waals surface area contributed by atoms with E-state index in [2.05, 4.69) is 12.2 Å². The van der Waals surface area contributed by atoms with Crippen LogP contribution in [0, 0.1) is 5.82 Å². The predicted octanol–water partition coefficient (Wildman–Crippen LogP) is 5.83. The highest BCUT2D eigenvalue weighted by molar-refractivity contribution is 6.01. The van der Waals surface area contributed by atoms with E-state index in [1.54, 1.807) is 18.2 Å². The molecule has 1 N–H and O–H groups in total. The third-order valence-electron chi connectivity index (χ3n) is 3.94. The zero-order valence-corrected chi connectivity index (χ0v) is 15.2. The summed E-state index contributed by atoms with van der Waals surface area (Å²) in [6.45, 7) is 2.92. The van der Waals surface area contributed by atoms with E-state index in [1.807, 2.05) is 24.3 Å². The molecule has 0 unspecified atom stereocenters. The molecule has 0 aliphatic heterocycles. The number of carbonyl (C=O) groups is 1. The Morgan fingerprint density at radius 3 is 2.38 bits per heavy atom. The van der Waals surface area contributed by atoms with Crippen LogP contribution in [0.3, 0.4) is 0 Å². The molecule has 0 atom stereocenters. The summed E-state index contributed by atoms with van der Waals surface area (Å²) in [7, 11) is 0. The van der Waals surface area contributed by atoms with E-state index >= 15 is 0 Å². The Labute approximate surface area is 154 Å². The second kappa shape index (κ2) is 11.1. The minimum atomic E-state index is -0.296. The van der Waals surface area contributed by atoms with Gasteiger partial charge in [0.15, 0.2) is 0 Å². The van der Waals surface area contributed by atoms with Gasteiger partial charge in [0.2, 0.25) is 5.91 Å². The number of unbranched alkanes of at least 4 members (excludes halogenated alkanes) is 4. The Morgan fingerprint density at radius 2 is 1.69 bits per heavy atom. The van der Waals surface area contributed by atoms with E-state index in [0.717, 1.165) is 24.3 Å². The molecule has 3 nitrogen and oxygen atoms in total. The van der Waals surface area contributed by atoms with Gasteiger partial charge in [-0.25, -0.2) is 4.39 Å². The maximum Gasteiger partial charge on any atom is 0.248 e. The molecule has 0 heterocycles. The highest BCUT2D eigenvalue weighted by atomic mass is 19.1.